The van der Waals surface area contributed by atoms with Crippen molar-refractivity contribution >= 4 is 11.6 Å². The van der Waals surface area contributed by atoms with Crippen molar-refractivity contribution in [1.82, 2.24) is 0 Å². The predicted molar refractivity (Wildman–Crippen MR) is 102 cm³/mol. The van der Waals surface area contributed by atoms with Crippen molar-refractivity contribution in [2.45, 2.75) is 18.4 Å². The standard InChI is InChI=1S/C24H18O3/c1-15-12-13-19-18(14-15)23(26)24(27-19)20(16-8-4-2-5-9-16)21(24)22(25)17-10-6-3-7-11-17/h2-14,20-21H,1H3/t20-,21+,24+/m0/s1. The summed E-state index contributed by atoms with van der Waals surface area (Å²) in [5, 5.41) is 0. The molecule has 3 heteroatoms. The SMILES string of the molecule is Cc1ccc2c(c1)C(=O)[C@]1(O2)[C@@H](C(=O)c2ccccc2)[C@@H]1c1ccccc1. The molecule has 1 fully saturated rings. The van der Waals surface area contributed by atoms with Gasteiger partial charge in [0.25, 0.3) is 0 Å². The highest BCUT2D eigenvalue weighted by Crippen LogP contribution is 2.65. The van der Waals surface area contributed by atoms with Crippen LogP contribution in [0.1, 0.15) is 37.8 Å². The third kappa shape index (κ3) is 2.21. The molecule has 3 aromatic rings. The number of ether oxygens (including phenoxy) is 1. The van der Waals surface area contributed by atoms with Crippen LogP contribution in [0, 0.1) is 12.8 Å². The van der Waals surface area contributed by atoms with Crippen LogP contribution in [0.3, 0.4) is 0 Å². The van der Waals surface area contributed by atoms with E-state index >= 15 is 0 Å². The van der Waals surface area contributed by atoms with Gasteiger partial charge in [0.05, 0.1) is 11.5 Å². The second-order valence-corrected chi connectivity index (χ2v) is 7.32. The topological polar surface area (TPSA) is 43.4 Å². The maximum absolute atomic E-state index is 13.4. The average Bonchev–Trinajstić information content (AvgIpc) is 3.30. The van der Waals surface area contributed by atoms with Gasteiger partial charge in [-0.3, -0.25) is 9.59 Å². The Morgan fingerprint density at radius 3 is 2.30 bits per heavy atom. The second kappa shape index (κ2) is 5.65. The molecule has 1 spiro atoms. The van der Waals surface area contributed by atoms with Crippen LogP contribution < -0.4 is 4.74 Å². The molecule has 0 bridgehead atoms. The van der Waals surface area contributed by atoms with Crippen LogP contribution in [0.15, 0.2) is 78.9 Å². The Hall–Kier alpha value is -3.20. The van der Waals surface area contributed by atoms with E-state index in [9.17, 15) is 9.59 Å². The van der Waals surface area contributed by atoms with Crippen molar-refractivity contribution in [1.29, 1.82) is 0 Å². The molecule has 0 saturated heterocycles. The lowest BCUT2D eigenvalue weighted by Crippen LogP contribution is -2.29. The maximum atomic E-state index is 13.4. The number of hydrogen-bond acceptors (Lipinski definition) is 3. The van der Waals surface area contributed by atoms with Crippen molar-refractivity contribution in [3.63, 3.8) is 0 Å². The lowest BCUT2D eigenvalue weighted by molar-refractivity contribution is 0.0741. The van der Waals surface area contributed by atoms with Gasteiger partial charge in [-0.25, -0.2) is 0 Å². The Morgan fingerprint density at radius 2 is 1.59 bits per heavy atom. The molecule has 3 aromatic carbocycles. The fourth-order valence-electron chi connectivity index (χ4n) is 4.35. The van der Waals surface area contributed by atoms with Crippen LogP contribution in [0.2, 0.25) is 0 Å². The first-order chi connectivity index (χ1) is 13.1. The van der Waals surface area contributed by atoms with Crippen LogP contribution in [-0.2, 0) is 0 Å². The first-order valence-corrected chi connectivity index (χ1v) is 9.11. The normalized spacial score (nSPS) is 25.1. The molecule has 1 heterocycles. The monoisotopic (exact) mass is 354 g/mol. The molecule has 1 saturated carbocycles. The third-order valence-corrected chi connectivity index (χ3v) is 5.66. The summed E-state index contributed by atoms with van der Waals surface area (Å²) in [4.78, 5) is 26.7. The van der Waals surface area contributed by atoms with Gasteiger partial charge in [-0.15, -0.1) is 0 Å². The summed E-state index contributed by atoms with van der Waals surface area (Å²) in [5.74, 6) is -0.323. The summed E-state index contributed by atoms with van der Waals surface area (Å²) < 4.78 is 6.22. The highest BCUT2D eigenvalue weighted by molar-refractivity contribution is 6.17. The zero-order chi connectivity index (χ0) is 18.6. The number of rotatable bonds is 3. The molecule has 0 N–H and O–H groups in total. The molecular formula is C24H18O3. The second-order valence-electron chi connectivity index (χ2n) is 7.32. The average molecular weight is 354 g/mol. The number of aryl methyl sites for hydroxylation is 1. The maximum Gasteiger partial charge on any atom is 0.211 e. The highest BCUT2D eigenvalue weighted by atomic mass is 16.5. The number of ketones is 2. The van der Waals surface area contributed by atoms with Crippen LogP contribution in [0.25, 0.3) is 0 Å². The van der Waals surface area contributed by atoms with Gasteiger partial charge in [0.2, 0.25) is 5.78 Å². The Kier molecular flexibility index (Phi) is 3.35. The van der Waals surface area contributed by atoms with E-state index in [0.717, 1.165) is 11.1 Å². The summed E-state index contributed by atoms with van der Waals surface area (Å²) >= 11 is 0. The Balaban J connectivity index is 1.62. The van der Waals surface area contributed by atoms with Gasteiger partial charge in [0, 0.05) is 11.5 Å². The van der Waals surface area contributed by atoms with E-state index in [-0.39, 0.29) is 17.5 Å². The van der Waals surface area contributed by atoms with E-state index in [1.54, 1.807) is 12.1 Å². The van der Waals surface area contributed by atoms with Gasteiger partial charge in [-0.05, 0) is 24.6 Å². The van der Waals surface area contributed by atoms with Crippen molar-refractivity contribution in [3.8, 4) is 5.75 Å². The highest BCUT2D eigenvalue weighted by Gasteiger charge is 2.77. The molecule has 132 valence electrons. The number of hydrogen-bond donors (Lipinski definition) is 0. The lowest BCUT2D eigenvalue weighted by atomic mass is 10.00. The van der Waals surface area contributed by atoms with E-state index in [2.05, 4.69) is 0 Å². The van der Waals surface area contributed by atoms with Crippen LogP contribution in [0.4, 0.5) is 0 Å². The summed E-state index contributed by atoms with van der Waals surface area (Å²) in [6.07, 6.45) is 0. The third-order valence-electron chi connectivity index (χ3n) is 5.66. The molecule has 0 amide bonds. The Labute approximate surface area is 157 Å². The van der Waals surface area contributed by atoms with Gasteiger partial charge >= 0.3 is 0 Å². The minimum atomic E-state index is -1.12. The zero-order valence-electron chi connectivity index (χ0n) is 14.9. The Morgan fingerprint density at radius 1 is 0.926 bits per heavy atom. The van der Waals surface area contributed by atoms with Crippen molar-refractivity contribution in [2.75, 3.05) is 0 Å². The number of Topliss-reactive ketones (excluding diaryl/α,β-unsaturated/α-hetero) is 2. The summed E-state index contributed by atoms with van der Waals surface area (Å²) in [5.41, 5.74) is 2.04. The number of carbonyl (C=O) groups is 2. The molecular weight excluding hydrogens is 336 g/mol. The molecule has 2 aliphatic rings. The summed E-state index contributed by atoms with van der Waals surface area (Å²) in [6, 6.07) is 24.5. The molecule has 0 radical (unpaired) electrons. The first-order valence-electron chi connectivity index (χ1n) is 9.11. The van der Waals surface area contributed by atoms with E-state index in [1.807, 2.05) is 73.7 Å². The molecule has 1 aliphatic carbocycles. The minimum absolute atomic E-state index is 0.0395. The molecule has 1 aliphatic heterocycles. The van der Waals surface area contributed by atoms with Crippen molar-refractivity contribution in [3.05, 3.63) is 101 Å². The molecule has 3 nitrogen and oxygen atoms in total. The van der Waals surface area contributed by atoms with E-state index in [1.165, 1.54) is 0 Å². The lowest BCUT2D eigenvalue weighted by Gasteiger charge is -2.10. The van der Waals surface area contributed by atoms with Gasteiger partial charge in [0.1, 0.15) is 5.75 Å². The van der Waals surface area contributed by atoms with E-state index in [0.29, 0.717) is 16.9 Å². The molecule has 27 heavy (non-hydrogen) atoms. The predicted octanol–water partition coefficient (Wildman–Crippen LogP) is 4.61. The van der Waals surface area contributed by atoms with Crippen LogP contribution in [0.5, 0.6) is 5.75 Å². The molecule has 5 rings (SSSR count). The van der Waals surface area contributed by atoms with Crippen LogP contribution >= 0.6 is 0 Å². The van der Waals surface area contributed by atoms with Gasteiger partial charge in [-0.2, -0.15) is 0 Å². The first kappa shape index (κ1) is 16.0. The van der Waals surface area contributed by atoms with Crippen molar-refractivity contribution in [2.24, 2.45) is 5.92 Å². The largest absolute Gasteiger partial charge is 0.477 e. The quantitative estimate of drug-likeness (QED) is 0.645. The fourth-order valence-corrected chi connectivity index (χ4v) is 4.35. The van der Waals surface area contributed by atoms with E-state index in [4.69, 9.17) is 4.74 Å². The summed E-state index contributed by atoms with van der Waals surface area (Å²) in [7, 11) is 0. The number of carbonyl (C=O) groups excluding carboxylic acids is 2. The minimum Gasteiger partial charge on any atom is -0.477 e. The van der Waals surface area contributed by atoms with Gasteiger partial charge in [-0.1, -0.05) is 72.3 Å². The van der Waals surface area contributed by atoms with Crippen molar-refractivity contribution < 1.29 is 14.3 Å². The number of benzene rings is 3. The van der Waals surface area contributed by atoms with Gasteiger partial charge < -0.3 is 4.74 Å². The smallest absolute Gasteiger partial charge is 0.211 e. The molecule has 0 aromatic heterocycles. The number of fused-ring (bicyclic) bond motifs is 1. The molecule has 0 unspecified atom stereocenters. The van der Waals surface area contributed by atoms with E-state index < -0.39 is 11.5 Å². The fraction of sp³-hybridized carbons (Fsp3) is 0.167. The molecule has 3 atom stereocenters. The van der Waals surface area contributed by atoms with Gasteiger partial charge in [0.15, 0.2) is 11.4 Å². The summed E-state index contributed by atoms with van der Waals surface area (Å²) in [6.45, 7) is 1.95. The zero-order valence-corrected chi connectivity index (χ0v) is 14.9. The van der Waals surface area contributed by atoms with Crippen LogP contribution in [-0.4, -0.2) is 17.2 Å². The Bertz CT molecular complexity index is 1060.